The number of aliphatic carboxylic acids is 1. The molecule has 92 valence electrons. The van der Waals surface area contributed by atoms with E-state index in [9.17, 15) is 9.59 Å². The Balaban J connectivity index is 2.42. The molecule has 0 unspecified atom stereocenters. The molecule has 0 saturated carbocycles. The lowest BCUT2D eigenvalue weighted by molar-refractivity contribution is -0.137. The van der Waals surface area contributed by atoms with E-state index in [1.165, 1.54) is 7.11 Å². The second kappa shape index (κ2) is 6.52. The summed E-state index contributed by atoms with van der Waals surface area (Å²) < 4.78 is 10.0. The first-order valence-corrected chi connectivity index (χ1v) is 5.18. The largest absolute Gasteiger partial charge is 0.497 e. The number of carbonyl (C=O) groups is 2. The zero-order valence-electron chi connectivity index (χ0n) is 9.51. The summed E-state index contributed by atoms with van der Waals surface area (Å²) in [6, 6.07) is 6.67. The molecule has 0 saturated heterocycles. The Hall–Kier alpha value is -2.04. The number of hydrogen-bond donors (Lipinski definition) is 1. The number of carbonyl (C=O) groups excluding carboxylic acids is 1. The molecule has 1 rings (SSSR count). The summed E-state index contributed by atoms with van der Waals surface area (Å²) in [5.41, 5.74) is 0. The first-order valence-electron chi connectivity index (χ1n) is 5.18. The molecule has 0 aliphatic rings. The van der Waals surface area contributed by atoms with E-state index in [2.05, 4.69) is 0 Å². The molecule has 0 amide bonds. The molecule has 1 aromatic carbocycles. The Morgan fingerprint density at radius 2 is 1.94 bits per heavy atom. The summed E-state index contributed by atoms with van der Waals surface area (Å²) in [6.07, 6.45) is 0.328. The Labute approximate surface area is 99.0 Å². The maximum absolute atomic E-state index is 11.3. The summed E-state index contributed by atoms with van der Waals surface area (Å²) in [7, 11) is 1.52. The molecule has 0 radical (unpaired) electrons. The lowest BCUT2D eigenvalue weighted by Gasteiger charge is -2.05. The monoisotopic (exact) mass is 238 g/mol. The van der Waals surface area contributed by atoms with Gasteiger partial charge in [0.2, 0.25) is 0 Å². The van der Waals surface area contributed by atoms with Gasteiger partial charge in [0.15, 0.2) is 0 Å². The van der Waals surface area contributed by atoms with Crippen molar-refractivity contribution >= 4 is 11.9 Å². The van der Waals surface area contributed by atoms with Crippen LogP contribution in [0.3, 0.4) is 0 Å². The Morgan fingerprint density at radius 1 is 1.24 bits per heavy atom. The van der Waals surface area contributed by atoms with Crippen LogP contribution in [0.25, 0.3) is 0 Å². The minimum Gasteiger partial charge on any atom is -0.497 e. The third kappa shape index (κ3) is 5.01. The predicted octanol–water partition coefficient (Wildman–Crippen LogP) is 1.86. The minimum absolute atomic E-state index is 0.0345. The van der Waals surface area contributed by atoms with Crippen molar-refractivity contribution < 1.29 is 24.2 Å². The van der Waals surface area contributed by atoms with E-state index in [0.717, 1.165) is 0 Å². The first kappa shape index (κ1) is 13.0. The molecular weight excluding hydrogens is 224 g/mol. The summed E-state index contributed by atoms with van der Waals surface area (Å²) in [5.74, 6) is -0.371. The van der Waals surface area contributed by atoms with Crippen LogP contribution in [0, 0.1) is 0 Å². The fourth-order valence-corrected chi connectivity index (χ4v) is 1.23. The van der Waals surface area contributed by atoms with Gasteiger partial charge in [-0.3, -0.25) is 9.59 Å². The van der Waals surface area contributed by atoms with Gasteiger partial charge in [-0.15, -0.1) is 0 Å². The third-order valence-electron chi connectivity index (χ3n) is 2.04. The van der Waals surface area contributed by atoms with Gasteiger partial charge in [0, 0.05) is 18.9 Å². The SMILES string of the molecule is COc1cccc(OC(=O)CCCC(=O)O)c1. The standard InChI is InChI=1S/C12H14O5/c1-16-9-4-2-5-10(8-9)17-12(15)7-3-6-11(13)14/h2,4-5,8H,3,6-7H2,1H3,(H,13,14). The minimum atomic E-state index is -0.917. The van der Waals surface area contributed by atoms with Crippen LogP contribution < -0.4 is 9.47 Å². The van der Waals surface area contributed by atoms with E-state index in [1.54, 1.807) is 24.3 Å². The van der Waals surface area contributed by atoms with Gasteiger partial charge < -0.3 is 14.6 Å². The van der Waals surface area contributed by atoms with Gasteiger partial charge in [-0.25, -0.2) is 0 Å². The number of rotatable bonds is 6. The lowest BCUT2D eigenvalue weighted by atomic mass is 10.2. The van der Waals surface area contributed by atoms with Crippen molar-refractivity contribution in [2.75, 3.05) is 7.11 Å². The average molecular weight is 238 g/mol. The average Bonchev–Trinajstić information content (AvgIpc) is 2.28. The van der Waals surface area contributed by atoms with Crippen molar-refractivity contribution in [1.82, 2.24) is 0 Å². The molecule has 5 nitrogen and oxygen atoms in total. The van der Waals surface area contributed by atoms with E-state index < -0.39 is 11.9 Å². The fraction of sp³-hybridized carbons (Fsp3) is 0.333. The van der Waals surface area contributed by atoms with Gasteiger partial charge >= 0.3 is 11.9 Å². The molecule has 1 N–H and O–H groups in total. The molecule has 1 aromatic rings. The number of esters is 1. The summed E-state index contributed by atoms with van der Waals surface area (Å²) >= 11 is 0. The number of carboxylic acids is 1. The molecule has 0 bridgehead atoms. The highest BCUT2D eigenvalue weighted by molar-refractivity contribution is 5.73. The van der Waals surface area contributed by atoms with Crippen LogP contribution in [0.5, 0.6) is 11.5 Å². The van der Waals surface area contributed by atoms with Crippen LogP contribution >= 0.6 is 0 Å². The number of hydrogen-bond acceptors (Lipinski definition) is 4. The molecule has 0 aromatic heterocycles. The summed E-state index contributed by atoms with van der Waals surface area (Å²) in [5, 5.41) is 8.42. The molecule has 0 atom stereocenters. The summed E-state index contributed by atoms with van der Waals surface area (Å²) in [4.78, 5) is 21.6. The van der Waals surface area contributed by atoms with Gasteiger partial charge in [-0.05, 0) is 18.6 Å². The molecule has 0 spiro atoms. The van der Waals surface area contributed by atoms with Crippen LogP contribution in [0.4, 0.5) is 0 Å². The van der Waals surface area contributed by atoms with E-state index in [1.807, 2.05) is 0 Å². The lowest BCUT2D eigenvalue weighted by Crippen LogP contribution is -2.08. The van der Waals surface area contributed by atoms with E-state index in [4.69, 9.17) is 14.6 Å². The number of carboxylic acid groups (broad SMARTS) is 1. The van der Waals surface area contributed by atoms with Gasteiger partial charge in [0.05, 0.1) is 7.11 Å². The zero-order chi connectivity index (χ0) is 12.7. The van der Waals surface area contributed by atoms with Crippen molar-refractivity contribution in [3.63, 3.8) is 0 Å². The molecule has 0 aliphatic heterocycles. The van der Waals surface area contributed by atoms with Gasteiger partial charge in [0.1, 0.15) is 11.5 Å². The van der Waals surface area contributed by atoms with E-state index >= 15 is 0 Å². The van der Waals surface area contributed by atoms with Crippen molar-refractivity contribution in [1.29, 1.82) is 0 Å². The van der Waals surface area contributed by atoms with Crippen LogP contribution in [-0.4, -0.2) is 24.2 Å². The highest BCUT2D eigenvalue weighted by Gasteiger charge is 2.07. The maximum atomic E-state index is 11.3. The Kier molecular flexibility index (Phi) is 5.00. The van der Waals surface area contributed by atoms with Crippen LogP contribution in [0.15, 0.2) is 24.3 Å². The highest BCUT2D eigenvalue weighted by atomic mass is 16.5. The summed E-state index contributed by atoms with van der Waals surface area (Å²) in [6.45, 7) is 0. The Morgan fingerprint density at radius 3 is 2.59 bits per heavy atom. The second-order valence-electron chi connectivity index (χ2n) is 3.40. The fourth-order valence-electron chi connectivity index (χ4n) is 1.23. The predicted molar refractivity (Wildman–Crippen MR) is 60.1 cm³/mol. The molecular formula is C12H14O5. The topological polar surface area (TPSA) is 72.8 Å². The number of benzene rings is 1. The zero-order valence-corrected chi connectivity index (χ0v) is 9.51. The van der Waals surface area contributed by atoms with Crippen molar-refractivity contribution in [3.05, 3.63) is 24.3 Å². The van der Waals surface area contributed by atoms with Crippen molar-refractivity contribution in [2.45, 2.75) is 19.3 Å². The van der Waals surface area contributed by atoms with Crippen LogP contribution in [0.1, 0.15) is 19.3 Å². The number of ether oxygens (including phenoxy) is 2. The normalized spacial score (nSPS) is 9.71. The van der Waals surface area contributed by atoms with Crippen molar-refractivity contribution in [3.8, 4) is 11.5 Å². The Bertz CT molecular complexity index is 400. The van der Waals surface area contributed by atoms with Crippen LogP contribution in [0.2, 0.25) is 0 Å². The smallest absolute Gasteiger partial charge is 0.311 e. The highest BCUT2D eigenvalue weighted by Crippen LogP contribution is 2.19. The first-order chi connectivity index (χ1) is 8.11. The molecule has 5 heteroatoms. The molecule has 0 aliphatic carbocycles. The second-order valence-corrected chi connectivity index (χ2v) is 3.40. The van der Waals surface area contributed by atoms with Crippen molar-refractivity contribution in [2.24, 2.45) is 0 Å². The number of methoxy groups -OCH3 is 1. The van der Waals surface area contributed by atoms with E-state index in [0.29, 0.717) is 11.5 Å². The van der Waals surface area contributed by atoms with Gasteiger partial charge in [-0.1, -0.05) is 6.07 Å². The van der Waals surface area contributed by atoms with Crippen LogP contribution in [-0.2, 0) is 9.59 Å². The third-order valence-corrected chi connectivity index (χ3v) is 2.04. The molecule has 0 fully saturated rings. The van der Waals surface area contributed by atoms with Gasteiger partial charge in [0.25, 0.3) is 0 Å². The molecule has 0 heterocycles. The molecule has 17 heavy (non-hydrogen) atoms. The quantitative estimate of drug-likeness (QED) is 0.604. The van der Waals surface area contributed by atoms with Gasteiger partial charge in [-0.2, -0.15) is 0 Å². The van der Waals surface area contributed by atoms with E-state index in [-0.39, 0.29) is 19.3 Å². The maximum Gasteiger partial charge on any atom is 0.311 e.